The molecule has 1 aromatic rings. The number of nitrogens with one attached hydrogen (secondary N) is 1. The molecule has 1 aromatic carbocycles. The third-order valence-corrected chi connectivity index (χ3v) is 3.47. The van der Waals surface area contributed by atoms with Crippen molar-refractivity contribution in [2.75, 3.05) is 24.5 Å². The average Bonchev–Trinajstić information content (AvgIpc) is 2.59. The fraction of sp³-hybridized carbons (Fsp3) is 0.571. The minimum atomic E-state index is -0.146. The minimum absolute atomic E-state index is 0.146. The molecule has 0 spiro atoms. The topological polar surface area (TPSA) is 15.3 Å². The highest BCUT2D eigenvalue weighted by Gasteiger charge is 2.19. The van der Waals surface area contributed by atoms with Crippen molar-refractivity contribution in [3.8, 4) is 0 Å². The lowest BCUT2D eigenvalue weighted by Crippen LogP contribution is -2.35. The van der Waals surface area contributed by atoms with Gasteiger partial charge in [0, 0.05) is 18.3 Å². The molecule has 3 heteroatoms. The van der Waals surface area contributed by atoms with Gasteiger partial charge in [-0.25, -0.2) is 4.39 Å². The number of halogens is 1. The van der Waals surface area contributed by atoms with Gasteiger partial charge in [-0.15, -0.1) is 0 Å². The third-order valence-electron chi connectivity index (χ3n) is 3.47. The minimum Gasteiger partial charge on any atom is -0.369 e. The van der Waals surface area contributed by atoms with Gasteiger partial charge in [0.2, 0.25) is 0 Å². The molecule has 2 nitrogen and oxygen atoms in total. The molecule has 0 bridgehead atoms. The Morgan fingerprint density at radius 3 is 3.00 bits per heavy atom. The summed E-state index contributed by atoms with van der Waals surface area (Å²) in [6, 6.07) is 7.48. The normalized spacial score (nSPS) is 20.9. The lowest BCUT2D eigenvalue weighted by Gasteiger charge is -2.32. The molecule has 1 N–H and O–H groups in total. The van der Waals surface area contributed by atoms with Gasteiger partial charge in [-0.1, -0.05) is 6.07 Å². The SMILES string of the molecule is CCN(c1cccc(F)c1)C1CCCNCC1. The van der Waals surface area contributed by atoms with Crippen LogP contribution in [-0.4, -0.2) is 25.7 Å². The van der Waals surface area contributed by atoms with E-state index in [0.29, 0.717) is 6.04 Å². The van der Waals surface area contributed by atoms with E-state index in [-0.39, 0.29) is 5.82 Å². The third kappa shape index (κ3) is 3.19. The van der Waals surface area contributed by atoms with E-state index in [0.717, 1.165) is 31.7 Å². The van der Waals surface area contributed by atoms with E-state index in [2.05, 4.69) is 17.1 Å². The summed E-state index contributed by atoms with van der Waals surface area (Å²) in [4.78, 5) is 2.33. The van der Waals surface area contributed by atoms with Crippen LogP contribution in [0.25, 0.3) is 0 Å². The molecule has 0 radical (unpaired) electrons. The van der Waals surface area contributed by atoms with Crippen LogP contribution in [0.3, 0.4) is 0 Å². The predicted molar refractivity (Wildman–Crippen MR) is 69.9 cm³/mol. The Kier molecular flexibility index (Phi) is 4.37. The first-order valence-corrected chi connectivity index (χ1v) is 6.54. The van der Waals surface area contributed by atoms with Crippen molar-refractivity contribution in [1.29, 1.82) is 0 Å². The molecule has 2 rings (SSSR count). The molecule has 1 atom stereocenters. The highest BCUT2D eigenvalue weighted by atomic mass is 19.1. The number of nitrogens with zero attached hydrogens (tertiary/aromatic N) is 1. The molecule has 0 aliphatic carbocycles. The largest absolute Gasteiger partial charge is 0.369 e. The molecule has 1 aliphatic rings. The molecular formula is C14H21FN2. The van der Waals surface area contributed by atoms with Gasteiger partial charge in [0.15, 0.2) is 0 Å². The average molecular weight is 236 g/mol. The van der Waals surface area contributed by atoms with Crippen molar-refractivity contribution >= 4 is 5.69 Å². The highest BCUT2D eigenvalue weighted by Crippen LogP contribution is 2.22. The van der Waals surface area contributed by atoms with Crippen LogP contribution in [0.5, 0.6) is 0 Å². The van der Waals surface area contributed by atoms with Crippen LogP contribution in [0, 0.1) is 5.82 Å². The molecule has 1 heterocycles. The van der Waals surface area contributed by atoms with Crippen LogP contribution in [0.1, 0.15) is 26.2 Å². The monoisotopic (exact) mass is 236 g/mol. The Bertz CT molecular complexity index is 346. The smallest absolute Gasteiger partial charge is 0.125 e. The second kappa shape index (κ2) is 6.01. The first-order valence-electron chi connectivity index (χ1n) is 6.54. The maximum Gasteiger partial charge on any atom is 0.125 e. The number of hydrogen-bond acceptors (Lipinski definition) is 2. The Morgan fingerprint density at radius 2 is 2.24 bits per heavy atom. The standard InChI is InChI=1S/C14H21FN2/c1-2-17(13-7-4-9-16-10-8-13)14-6-3-5-12(15)11-14/h3,5-6,11,13,16H,2,4,7-10H2,1H3. The van der Waals surface area contributed by atoms with E-state index in [9.17, 15) is 4.39 Å². The maximum atomic E-state index is 13.3. The first kappa shape index (κ1) is 12.4. The summed E-state index contributed by atoms with van der Waals surface area (Å²) in [7, 11) is 0. The fourth-order valence-corrected chi connectivity index (χ4v) is 2.62. The second-order valence-electron chi connectivity index (χ2n) is 4.60. The zero-order valence-electron chi connectivity index (χ0n) is 10.5. The fourth-order valence-electron chi connectivity index (χ4n) is 2.62. The van der Waals surface area contributed by atoms with E-state index in [4.69, 9.17) is 0 Å². The summed E-state index contributed by atoms with van der Waals surface area (Å²) in [6.07, 6.45) is 3.54. The van der Waals surface area contributed by atoms with Gasteiger partial charge in [0.25, 0.3) is 0 Å². The van der Waals surface area contributed by atoms with E-state index in [1.165, 1.54) is 18.9 Å². The van der Waals surface area contributed by atoms with Crippen LogP contribution in [0.2, 0.25) is 0 Å². The van der Waals surface area contributed by atoms with Crippen LogP contribution >= 0.6 is 0 Å². The van der Waals surface area contributed by atoms with Gasteiger partial charge in [0.1, 0.15) is 5.82 Å². The van der Waals surface area contributed by atoms with Crippen molar-refractivity contribution in [1.82, 2.24) is 5.32 Å². The number of anilines is 1. The zero-order valence-corrected chi connectivity index (χ0v) is 10.5. The second-order valence-corrected chi connectivity index (χ2v) is 4.60. The summed E-state index contributed by atoms with van der Waals surface area (Å²) < 4.78 is 13.3. The van der Waals surface area contributed by atoms with Gasteiger partial charge in [-0.3, -0.25) is 0 Å². The molecule has 1 saturated heterocycles. The summed E-state index contributed by atoms with van der Waals surface area (Å²) in [5, 5.41) is 3.42. The number of rotatable bonds is 3. The Morgan fingerprint density at radius 1 is 1.35 bits per heavy atom. The Labute approximate surface area is 103 Å². The van der Waals surface area contributed by atoms with Crippen LogP contribution in [0.15, 0.2) is 24.3 Å². The predicted octanol–water partition coefficient (Wildman–Crippen LogP) is 2.79. The van der Waals surface area contributed by atoms with Crippen molar-refractivity contribution in [3.05, 3.63) is 30.1 Å². The lowest BCUT2D eigenvalue weighted by atomic mass is 10.1. The quantitative estimate of drug-likeness (QED) is 0.868. The van der Waals surface area contributed by atoms with E-state index >= 15 is 0 Å². The Balaban J connectivity index is 2.14. The van der Waals surface area contributed by atoms with Crippen molar-refractivity contribution in [2.45, 2.75) is 32.2 Å². The maximum absolute atomic E-state index is 13.3. The summed E-state index contributed by atoms with van der Waals surface area (Å²) >= 11 is 0. The van der Waals surface area contributed by atoms with Crippen molar-refractivity contribution < 1.29 is 4.39 Å². The zero-order chi connectivity index (χ0) is 12.1. The molecular weight excluding hydrogens is 215 g/mol. The highest BCUT2D eigenvalue weighted by molar-refractivity contribution is 5.47. The van der Waals surface area contributed by atoms with Crippen LogP contribution in [-0.2, 0) is 0 Å². The van der Waals surface area contributed by atoms with Gasteiger partial charge in [-0.2, -0.15) is 0 Å². The van der Waals surface area contributed by atoms with Gasteiger partial charge in [-0.05, 0) is 57.5 Å². The molecule has 1 aliphatic heterocycles. The molecule has 94 valence electrons. The molecule has 0 amide bonds. The number of hydrogen-bond donors (Lipinski definition) is 1. The van der Waals surface area contributed by atoms with Crippen molar-refractivity contribution in [3.63, 3.8) is 0 Å². The molecule has 17 heavy (non-hydrogen) atoms. The molecule has 0 aromatic heterocycles. The van der Waals surface area contributed by atoms with Crippen LogP contribution < -0.4 is 10.2 Å². The van der Waals surface area contributed by atoms with E-state index in [1.54, 1.807) is 12.1 Å². The molecule has 0 saturated carbocycles. The molecule has 1 fully saturated rings. The van der Waals surface area contributed by atoms with Gasteiger partial charge < -0.3 is 10.2 Å². The van der Waals surface area contributed by atoms with Crippen LogP contribution in [0.4, 0.5) is 10.1 Å². The number of benzene rings is 1. The Hall–Kier alpha value is -1.09. The first-order chi connectivity index (χ1) is 8.31. The lowest BCUT2D eigenvalue weighted by molar-refractivity contribution is 0.543. The summed E-state index contributed by atoms with van der Waals surface area (Å²) in [5.41, 5.74) is 1.01. The van der Waals surface area contributed by atoms with E-state index in [1.807, 2.05) is 6.07 Å². The molecule has 1 unspecified atom stereocenters. The van der Waals surface area contributed by atoms with Gasteiger partial charge >= 0.3 is 0 Å². The summed E-state index contributed by atoms with van der Waals surface area (Å²) in [5.74, 6) is -0.146. The summed E-state index contributed by atoms with van der Waals surface area (Å²) in [6.45, 7) is 5.25. The van der Waals surface area contributed by atoms with E-state index < -0.39 is 0 Å². The van der Waals surface area contributed by atoms with Crippen molar-refractivity contribution in [2.24, 2.45) is 0 Å². The van der Waals surface area contributed by atoms with Gasteiger partial charge in [0.05, 0.1) is 0 Å².